The first-order valence-corrected chi connectivity index (χ1v) is 11.5. The molecule has 1 N–H and O–H groups in total. The Bertz CT molecular complexity index is 839. The van der Waals surface area contributed by atoms with Crippen molar-refractivity contribution in [2.75, 3.05) is 19.8 Å². The summed E-state index contributed by atoms with van der Waals surface area (Å²) in [6.45, 7) is 7.78. The zero-order valence-corrected chi connectivity index (χ0v) is 18.9. The van der Waals surface area contributed by atoms with Crippen LogP contribution in [0.5, 0.6) is 0 Å². The average molecular weight is 433 g/mol. The van der Waals surface area contributed by atoms with Crippen molar-refractivity contribution in [3.8, 4) is 0 Å². The maximum atomic E-state index is 13.1. The number of carbonyl (C=O) groups is 2. The van der Waals surface area contributed by atoms with Crippen LogP contribution in [0.25, 0.3) is 10.1 Å². The highest BCUT2D eigenvalue weighted by atomic mass is 32.1. The van der Waals surface area contributed by atoms with E-state index in [0.717, 1.165) is 43.4 Å². The van der Waals surface area contributed by atoms with Gasteiger partial charge >= 0.3 is 0 Å². The van der Waals surface area contributed by atoms with E-state index in [1.807, 2.05) is 32.9 Å². The van der Waals surface area contributed by atoms with Crippen molar-refractivity contribution >= 4 is 33.7 Å². The van der Waals surface area contributed by atoms with Crippen LogP contribution in [-0.2, 0) is 25.6 Å². The van der Waals surface area contributed by atoms with Crippen LogP contribution in [0.2, 0.25) is 0 Å². The van der Waals surface area contributed by atoms with Gasteiger partial charge in [-0.05, 0) is 68.3 Å². The number of nitrogens with zero attached hydrogens (tertiary/aromatic N) is 1. The van der Waals surface area contributed by atoms with Crippen LogP contribution in [-0.4, -0.2) is 48.8 Å². The van der Waals surface area contributed by atoms with Crippen LogP contribution in [0.3, 0.4) is 0 Å². The molecule has 2 aromatic rings. The minimum absolute atomic E-state index is 0.186. The van der Waals surface area contributed by atoms with Crippen LogP contribution < -0.4 is 5.32 Å². The number of hydrogen-bond acceptors (Lipinski definition) is 5. The molecule has 2 heterocycles. The molecule has 1 aromatic carbocycles. The van der Waals surface area contributed by atoms with Crippen LogP contribution in [0.15, 0.2) is 29.6 Å². The SMILES string of the molecule is CC(C)(C)ON(C=O)[C@@H](Cc1csc2ccccc12)C(=O)NCCC1CCOCC1. The minimum Gasteiger partial charge on any atom is -0.381 e. The minimum atomic E-state index is -0.727. The quantitative estimate of drug-likeness (QED) is 0.482. The van der Waals surface area contributed by atoms with Crippen molar-refractivity contribution in [2.24, 2.45) is 5.92 Å². The molecule has 164 valence electrons. The lowest BCUT2D eigenvalue weighted by molar-refractivity contribution is -0.230. The number of amides is 2. The van der Waals surface area contributed by atoms with Gasteiger partial charge in [0, 0.05) is 30.9 Å². The fraction of sp³-hybridized carbons (Fsp3) is 0.565. The topological polar surface area (TPSA) is 67.9 Å². The van der Waals surface area contributed by atoms with Gasteiger partial charge in [-0.2, -0.15) is 0 Å². The van der Waals surface area contributed by atoms with Crippen LogP contribution >= 0.6 is 11.3 Å². The Morgan fingerprint density at radius 2 is 2.07 bits per heavy atom. The number of ether oxygens (including phenoxy) is 1. The molecule has 2 amide bonds. The van der Waals surface area contributed by atoms with Crippen LogP contribution in [0, 0.1) is 5.92 Å². The summed E-state index contributed by atoms with van der Waals surface area (Å²) in [7, 11) is 0. The number of benzene rings is 1. The summed E-state index contributed by atoms with van der Waals surface area (Å²) in [4.78, 5) is 30.8. The molecule has 0 saturated carbocycles. The number of fused-ring (bicyclic) bond motifs is 1. The third-order valence-electron chi connectivity index (χ3n) is 5.26. The lowest BCUT2D eigenvalue weighted by Crippen LogP contribution is -2.50. The van der Waals surface area contributed by atoms with Gasteiger partial charge in [-0.25, -0.2) is 5.06 Å². The standard InChI is InChI=1S/C23H32N2O4S/c1-23(2,3)29-25(16-26)20(14-18-15-30-21-7-5-4-6-19(18)21)22(27)24-11-8-17-9-12-28-13-10-17/h4-7,15-17,20H,8-14H2,1-3H3,(H,24,27)/t20-/m0/s1. The van der Waals surface area contributed by atoms with Gasteiger partial charge in [0.25, 0.3) is 0 Å². The van der Waals surface area contributed by atoms with Crippen molar-refractivity contribution in [1.29, 1.82) is 0 Å². The van der Waals surface area contributed by atoms with E-state index in [0.29, 0.717) is 25.3 Å². The summed E-state index contributed by atoms with van der Waals surface area (Å²) < 4.78 is 6.57. The summed E-state index contributed by atoms with van der Waals surface area (Å²) in [5.41, 5.74) is 0.461. The van der Waals surface area contributed by atoms with Gasteiger partial charge in [-0.3, -0.25) is 14.4 Å². The first kappa shape index (κ1) is 22.7. The van der Waals surface area contributed by atoms with Gasteiger partial charge < -0.3 is 10.1 Å². The zero-order valence-electron chi connectivity index (χ0n) is 18.1. The number of nitrogens with one attached hydrogen (secondary N) is 1. The molecule has 6 nitrogen and oxygen atoms in total. The van der Waals surface area contributed by atoms with Gasteiger partial charge in [0.1, 0.15) is 6.04 Å². The number of hydrogen-bond donors (Lipinski definition) is 1. The fourth-order valence-corrected chi connectivity index (χ4v) is 4.70. The molecule has 0 bridgehead atoms. The highest BCUT2D eigenvalue weighted by Crippen LogP contribution is 2.28. The lowest BCUT2D eigenvalue weighted by atomic mass is 9.96. The van der Waals surface area contributed by atoms with Crippen molar-refractivity contribution in [3.05, 3.63) is 35.2 Å². The summed E-state index contributed by atoms with van der Waals surface area (Å²) >= 11 is 1.65. The third kappa shape index (κ3) is 6.27. The van der Waals surface area contributed by atoms with E-state index in [1.165, 1.54) is 9.76 Å². The third-order valence-corrected chi connectivity index (χ3v) is 6.27. The number of hydroxylamine groups is 2. The van der Waals surface area contributed by atoms with Gasteiger partial charge in [0.2, 0.25) is 12.3 Å². The first-order valence-electron chi connectivity index (χ1n) is 10.6. The first-order chi connectivity index (χ1) is 14.4. The van der Waals surface area contributed by atoms with Gasteiger partial charge in [0.05, 0.1) is 5.60 Å². The van der Waals surface area contributed by atoms with E-state index >= 15 is 0 Å². The molecule has 0 unspecified atom stereocenters. The predicted octanol–water partition coefficient (Wildman–Crippen LogP) is 3.93. The van der Waals surface area contributed by atoms with Crippen molar-refractivity contribution < 1.29 is 19.2 Å². The second kappa shape index (κ2) is 10.4. The maximum Gasteiger partial charge on any atom is 0.245 e. The second-order valence-corrected chi connectivity index (χ2v) is 9.69. The van der Waals surface area contributed by atoms with Crippen LogP contribution in [0.4, 0.5) is 0 Å². The summed E-state index contributed by atoms with van der Waals surface area (Å²) in [6, 6.07) is 7.38. The number of rotatable bonds is 9. The fourth-order valence-electron chi connectivity index (χ4n) is 3.72. The van der Waals surface area contributed by atoms with Crippen molar-refractivity contribution in [3.63, 3.8) is 0 Å². The highest BCUT2D eigenvalue weighted by molar-refractivity contribution is 7.17. The molecule has 1 aliphatic rings. The van der Waals surface area contributed by atoms with Gasteiger partial charge in [0.15, 0.2) is 0 Å². The highest BCUT2D eigenvalue weighted by Gasteiger charge is 2.30. The molecule has 1 atom stereocenters. The normalized spacial score (nSPS) is 16.4. The van der Waals surface area contributed by atoms with Crippen molar-refractivity contribution in [2.45, 2.75) is 58.1 Å². The predicted molar refractivity (Wildman–Crippen MR) is 119 cm³/mol. The molecule has 0 radical (unpaired) electrons. The van der Waals surface area contributed by atoms with E-state index in [-0.39, 0.29) is 5.91 Å². The van der Waals surface area contributed by atoms with Crippen LogP contribution in [0.1, 0.15) is 45.6 Å². The van der Waals surface area contributed by atoms with Crippen molar-refractivity contribution in [1.82, 2.24) is 10.4 Å². The Morgan fingerprint density at radius 1 is 1.33 bits per heavy atom. The summed E-state index contributed by atoms with van der Waals surface area (Å²) in [6.07, 6.45) is 4.01. The monoisotopic (exact) mass is 432 g/mol. The van der Waals surface area contributed by atoms with E-state index in [9.17, 15) is 9.59 Å². The molecule has 1 aliphatic heterocycles. The molecule has 0 spiro atoms. The zero-order chi connectivity index (χ0) is 21.6. The molecular weight excluding hydrogens is 400 g/mol. The number of thiophene rings is 1. The molecular formula is C23H32N2O4S. The Balaban J connectivity index is 1.72. The smallest absolute Gasteiger partial charge is 0.245 e. The Morgan fingerprint density at radius 3 is 2.77 bits per heavy atom. The molecule has 3 rings (SSSR count). The molecule has 7 heteroatoms. The van der Waals surface area contributed by atoms with E-state index in [2.05, 4.69) is 22.8 Å². The van der Waals surface area contributed by atoms with E-state index in [4.69, 9.17) is 9.57 Å². The lowest BCUT2D eigenvalue weighted by Gasteiger charge is -2.32. The molecule has 1 saturated heterocycles. The van der Waals surface area contributed by atoms with Gasteiger partial charge in [-0.15, -0.1) is 11.3 Å². The molecule has 0 aliphatic carbocycles. The Labute approximate surface area is 182 Å². The van der Waals surface area contributed by atoms with E-state index in [1.54, 1.807) is 11.3 Å². The largest absolute Gasteiger partial charge is 0.381 e. The Hall–Kier alpha value is -1.96. The van der Waals surface area contributed by atoms with Gasteiger partial charge in [-0.1, -0.05) is 18.2 Å². The molecule has 1 aromatic heterocycles. The maximum absolute atomic E-state index is 13.1. The molecule has 1 fully saturated rings. The summed E-state index contributed by atoms with van der Waals surface area (Å²) in [5.74, 6) is 0.389. The number of carbonyl (C=O) groups excluding carboxylic acids is 2. The summed E-state index contributed by atoms with van der Waals surface area (Å²) in [5, 5.41) is 7.39. The average Bonchev–Trinajstić information content (AvgIpc) is 3.13. The second-order valence-electron chi connectivity index (χ2n) is 8.78. The molecule has 30 heavy (non-hydrogen) atoms. The van der Waals surface area contributed by atoms with E-state index < -0.39 is 11.6 Å². The Kier molecular flexibility index (Phi) is 7.86.